The number of hydrogen-bond donors (Lipinski definition) is 1. The van der Waals surface area contributed by atoms with E-state index in [-0.39, 0.29) is 0 Å². The van der Waals surface area contributed by atoms with Gasteiger partial charge in [-0.15, -0.1) is 0 Å². The quantitative estimate of drug-likeness (QED) is 0.767. The summed E-state index contributed by atoms with van der Waals surface area (Å²) in [5.74, 6) is 1.90. The Kier molecular flexibility index (Phi) is 2.75. The minimum atomic E-state index is 0.480. The lowest BCUT2D eigenvalue weighted by molar-refractivity contribution is 0.125. The fourth-order valence-electron chi connectivity index (χ4n) is 3.19. The summed E-state index contributed by atoms with van der Waals surface area (Å²) in [4.78, 5) is 2.75. The Morgan fingerprint density at radius 1 is 1.12 bits per heavy atom. The Hall–Kier alpha value is -0.0800. The van der Waals surface area contributed by atoms with Crippen LogP contribution in [0, 0.1) is 11.8 Å². The molecule has 1 heterocycles. The molecule has 0 aromatic carbocycles. The zero-order chi connectivity index (χ0) is 11.2. The first-order chi connectivity index (χ1) is 7.66. The third-order valence-electron chi connectivity index (χ3n) is 4.95. The van der Waals surface area contributed by atoms with E-state index in [1.165, 1.54) is 51.7 Å². The van der Waals surface area contributed by atoms with Gasteiger partial charge in [0.1, 0.15) is 0 Å². The first kappa shape index (κ1) is 11.0. The summed E-state index contributed by atoms with van der Waals surface area (Å²) in [6.07, 6.45) is 7.19. The molecule has 92 valence electrons. The van der Waals surface area contributed by atoms with Gasteiger partial charge in [-0.3, -0.25) is 4.90 Å². The summed E-state index contributed by atoms with van der Waals surface area (Å²) in [6, 6.07) is 0.880. The van der Waals surface area contributed by atoms with E-state index in [1.54, 1.807) is 0 Å². The average Bonchev–Trinajstić information content (AvgIpc) is 3.13. The molecule has 1 atom stereocenters. The van der Waals surface area contributed by atoms with Gasteiger partial charge in [-0.05, 0) is 70.9 Å². The predicted molar refractivity (Wildman–Crippen MR) is 67.5 cm³/mol. The SMILES string of the molecule is CC(C)(C1CC1)N1CCC(CNC2CC2)C1. The third-order valence-corrected chi connectivity index (χ3v) is 4.95. The van der Waals surface area contributed by atoms with Crippen molar-refractivity contribution >= 4 is 0 Å². The van der Waals surface area contributed by atoms with Crippen LogP contribution in [0.2, 0.25) is 0 Å². The number of hydrogen-bond acceptors (Lipinski definition) is 2. The van der Waals surface area contributed by atoms with Crippen molar-refractivity contribution in [2.45, 2.75) is 57.5 Å². The van der Waals surface area contributed by atoms with Gasteiger partial charge in [-0.1, -0.05) is 0 Å². The van der Waals surface area contributed by atoms with Gasteiger partial charge in [0.15, 0.2) is 0 Å². The first-order valence-corrected chi connectivity index (χ1v) is 7.14. The van der Waals surface area contributed by atoms with Crippen LogP contribution >= 0.6 is 0 Å². The smallest absolute Gasteiger partial charge is 0.0181 e. The third kappa shape index (κ3) is 2.28. The van der Waals surface area contributed by atoms with Gasteiger partial charge in [0.2, 0.25) is 0 Å². The van der Waals surface area contributed by atoms with Crippen molar-refractivity contribution in [3.8, 4) is 0 Å². The second kappa shape index (κ2) is 3.99. The van der Waals surface area contributed by atoms with E-state index in [0.717, 1.165) is 17.9 Å². The van der Waals surface area contributed by atoms with Gasteiger partial charge < -0.3 is 5.32 Å². The molecular formula is C14H26N2. The van der Waals surface area contributed by atoms with Crippen molar-refractivity contribution in [1.82, 2.24) is 10.2 Å². The zero-order valence-electron chi connectivity index (χ0n) is 10.8. The lowest BCUT2D eigenvalue weighted by Gasteiger charge is -2.36. The molecule has 0 aromatic heterocycles. The van der Waals surface area contributed by atoms with Crippen molar-refractivity contribution in [3.05, 3.63) is 0 Å². The summed E-state index contributed by atoms with van der Waals surface area (Å²) in [5, 5.41) is 3.69. The van der Waals surface area contributed by atoms with E-state index in [4.69, 9.17) is 0 Å². The Labute approximate surface area is 99.8 Å². The van der Waals surface area contributed by atoms with Gasteiger partial charge in [-0.25, -0.2) is 0 Å². The highest BCUT2D eigenvalue weighted by Crippen LogP contribution is 2.44. The maximum absolute atomic E-state index is 3.69. The minimum absolute atomic E-state index is 0.480. The number of nitrogens with one attached hydrogen (secondary N) is 1. The Bertz CT molecular complexity index is 253. The van der Waals surface area contributed by atoms with Crippen LogP contribution in [0.3, 0.4) is 0 Å². The van der Waals surface area contributed by atoms with E-state index >= 15 is 0 Å². The van der Waals surface area contributed by atoms with Crippen LogP contribution in [0.4, 0.5) is 0 Å². The average molecular weight is 222 g/mol. The van der Waals surface area contributed by atoms with E-state index < -0.39 is 0 Å². The molecule has 2 nitrogen and oxygen atoms in total. The molecule has 0 radical (unpaired) electrons. The molecule has 0 bridgehead atoms. The van der Waals surface area contributed by atoms with Crippen LogP contribution in [0.15, 0.2) is 0 Å². The molecule has 2 heteroatoms. The number of likely N-dealkylation sites (tertiary alicyclic amines) is 1. The van der Waals surface area contributed by atoms with Crippen LogP contribution in [0.25, 0.3) is 0 Å². The Morgan fingerprint density at radius 3 is 2.50 bits per heavy atom. The largest absolute Gasteiger partial charge is 0.314 e. The molecule has 1 N–H and O–H groups in total. The molecule has 2 saturated carbocycles. The molecule has 16 heavy (non-hydrogen) atoms. The lowest BCUT2D eigenvalue weighted by atomic mass is 9.96. The van der Waals surface area contributed by atoms with Crippen LogP contribution in [-0.2, 0) is 0 Å². The molecule has 0 aromatic rings. The summed E-state index contributed by atoms with van der Waals surface area (Å²) >= 11 is 0. The zero-order valence-corrected chi connectivity index (χ0v) is 10.8. The van der Waals surface area contributed by atoms with Gasteiger partial charge in [-0.2, -0.15) is 0 Å². The normalized spacial score (nSPS) is 32.2. The maximum Gasteiger partial charge on any atom is 0.0181 e. The van der Waals surface area contributed by atoms with Crippen molar-refractivity contribution in [2.75, 3.05) is 19.6 Å². The van der Waals surface area contributed by atoms with Gasteiger partial charge >= 0.3 is 0 Å². The summed E-state index contributed by atoms with van der Waals surface area (Å²) in [5.41, 5.74) is 0.480. The fourth-order valence-corrected chi connectivity index (χ4v) is 3.19. The molecule has 3 aliphatic rings. The van der Waals surface area contributed by atoms with Crippen molar-refractivity contribution in [3.63, 3.8) is 0 Å². The molecule has 0 amide bonds. The molecule has 1 aliphatic heterocycles. The highest BCUT2D eigenvalue weighted by Gasteiger charge is 2.44. The predicted octanol–water partition coefficient (Wildman–Crippen LogP) is 2.25. The summed E-state index contributed by atoms with van der Waals surface area (Å²) in [6.45, 7) is 8.86. The molecule has 1 saturated heterocycles. The minimum Gasteiger partial charge on any atom is -0.314 e. The maximum atomic E-state index is 3.69. The molecule has 2 aliphatic carbocycles. The summed E-state index contributed by atoms with van der Waals surface area (Å²) in [7, 11) is 0. The van der Waals surface area contributed by atoms with Gasteiger partial charge in [0.05, 0.1) is 0 Å². The lowest BCUT2D eigenvalue weighted by Crippen LogP contribution is -2.44. The van der Waals surface area contributed by atoms with E-state index in [1.807, 2.05) is 0 Å². The van der Waals surface area contributed by atoms with Gasteiger partial charge in [0.25, 0.3) is 0 Å². The van der Waals surface area contributed by atoms with Crippen LogP contribution < -0.4 is 5.32 Å². The molecule has 1 unspecified atom stereocenters. The van der Waals surface area contributed by atoms with Crippen LogP contribution in [0.1, 0.15) is 46.0 Å². The molecule has 3 fully saturated rings. The van der Waals surface area contributed by atoms with E-state index in [2.05, 4.69) is 24.1 Å². The van der Waals surface area contributed by atoms with E-state index in [9.17, 15) is 0 Å². The first-order valence-electron chi connectivity index (χ1n) is 7.14. The highest BCUT2D eigenvalue weighted by atomic mass is 15.2. The molecule has 0 spiro atoms. The second-order valence-corrected chi connectivity index (χ2v) is 6.71. The highest BCUT2D eigenvalue weighted by molar-refractivity contribution is 4.99. The summed E-state index contributed by atoms with van der Waals surface area (Å²) < 4.78 is 0. The second-order valence-electron chi connectivity index (χ2n) is 6.71. The van der Waals surface area contributed by atoms with Gasteiger partial charge in [0, 0.05) is 18.1 Å². The topological polar surface area (TPSA) is 15.3 Å². The Balaban J connectivity index is 1.47. The standard InChI is InChI=1S/C14H26N2/c1-14(2,12-3-4-12)16-8-7-11(10-16)9-15-13-5-6-13/h11-13,15H,3-10H2,1-2H3. The fraction of sp³-hybridized carbons (Fsp3) is 1.00. The van der Waals surface area contributed by atoms with Crippen molar-refractivity contribution in [1.29, 1.82) is 0 Å². The molecule has 3 rings (SSSR count). The Morgan fingerprint density at radius 2 is 1.88 bits per heavy atom. The monoisotopic (exact) mass is 222 g/mol. The van der Waals surface area contributed by atoms with Crippen molar-refractivity contribution in [2.24, 2.45) is 11.8 Å². The molecular weight excluding hydrogens is 196 g/mol. The number of rotatable bonds is 5. The van der Waals surface area contributed by atoms with Crippen LogP contribution in [0.5, 0.6) is 0 Å². The number of nitrogens with zero attached hydrogens (tertiary/aromatic N) is 1. The van der Waals surface area contributed by atoms with Crippen molar-refractivity contribution < 1.29 is 0 Å². The van der Waals surface area contributed by atoms with E-state index in [0.29, 0.717) is 5.54 Å². The van der Waals surface area contributed by atoms with Crippen LogP contribution in [-0.4, -0.2) is 36.1 Å².